The van der Waals surface area contributed by atoms with Gasteiger partial charge in [0.2, 0.25) is 0 Å². The van der Waals surface area contributed by atoms with Crippen LogP contribution in [-0.4, -0.2) is 52.4 Å². The number of carbonyl (C=O) groups excluding carboxylic acids is 1. The molecule has 0 spiro atoms. The normalized spacial score (nSPS) is 13.8. The second kappa shape index (κ2) is 11.6. The second-order valence-electron chi connectivity index (χ2n) is 7.77. The molecule has 0 bridgehead atoms. The molecule has 5 N–H and O–H groups in total. The molecule has 10 heteroatoms. The maximum absolute atomic E-state index is 14.8. The molecule has 2 aromatic carbocycles. The Morgan fingerprint density at radius 2 is 1.97 bits per heavy atom. The minimum atomic E-state index is -0.739. The van der Waals surface area contributed by atoms with Gasteiger partial charge in [-0.3, -0.25) is 9.48 Å². The molecule has 8 nitrogen and oxygen atoms in total. The topological polar surface area (TPSA) is 126 Å². The van der Waals surface area contributed by atoms with Gasteiger partial charge in [-0.25, -0.2) is 8.78 Å². The van der Waals surface area contributed by atoms with Crippen LogP contribution in [0.4, 0.5) is 8.78 Å². The van der Waals surface area contributed by atoms with E-state index in [1.165, 1.54) is 43.5 Å². The molecule has 3 aromatic rings. The van der Waals surface area contributed by atoms with Crippen molar-refractivity contribution in [2.45, 2.75) is 31.2 Å². The number of hydrogen-bond donors (Lipinski definition) is 4. The Bertz CT molecular complexity index is 1100. The third-order valence-electron chi connectivity index (χ3n) is 5.47. The highest BCUT2D eigenvalue weighted by molar-refractivity contribution is 6.09. The molecule has 0 aliphatic heterocycles. The van der Waals surface area contributed by atoms with Gasteiger partial charge in [0.1, 0.15) is 17.7 Å². The molecule has 1 unspecified atom stereocenters. The van der Waals surface area contributed by atoms with Crippen LogP contribution in [0.1, 0.15) is 33.9 Å². The summed E-state index contributed by atoms with van der Waals surface area (Å²) >= 11 is 0. The first-order valence-corrected chi connectivity index (χ1v) is 10.6. The SMILES string of the molecule is CO[C@H](CO)[C@@H](Cn1cccn1)NC(=O)c1cccc(F)c1C(=N)CC(N)c1ccc(F)cc1. The van der Waals surface area contributed by atoms with Crippen LogP contribution in [0, 0.1) is 17.0 Å². The lowest BCUT2D eigenvalue weighted by Gasteiger charge is -2.26. The minimum Gasteiger partial charge on any atom is -0.394 e. The van der Waals surface area contributed by atoms with Crippen LogP contribution >= 0.6 is 0 Å². The minimum absolute atomic E-state index is 0.0467. The van der Waals surface area contributed by atoms with Crippen molar-refractivity contribution in [1.82, 2.24) is 15.1 Å². The lowest BCUT2D eigenvalue weighted by atomic mass is 9.94. The summed E-state index contributed by atoms with van der Waals surface area (Å²) in [4.78, 5) is 13.2. The zero-order chi connectivity index (χ0) is 24.7. The van der Waals surface area contributed by atoms with Crippen molar-refractivity contribution in [1.29, 1.82) is 5.41 Å². The van der Waals surface area contributed by atoms with E-state index >= 15 is 0 Å². The van der Waals surface area contributed by atoms with Gasteiger partial charge >= 0.3 is 0 Å². The molecule has 0 saturated carbocycles. The van der Waals surface area contributed by atoms with Gasteiger partial charge in [-0.05, 0) is 35.9 Å². The van der Waals surface area contributed by atoms with Gasteiger partial charge in [0.05, 0.1) is 24.8 Å². The van der Waals surface area contributed by atoms with Crippen molar-refractivity contribution >= 4 is 11.6 Å². The third-order valence-corrected chi connectivity index (χ3v) is 5.47. The molecule has 0 radical (unpaired) electrons. The fraction of sp³-hybridized carbons (Fsp3) is 0.292. The zero-order valence-corrected chi connectivity index (χ0v) is 18.6. The van der Waals surface area contributed by atoms with Crippen LogP contribution in [0.3, 0.4) is 0 Å². The van der Waals surface area contributed by atoms with E-state index in [-0.39, 0.29) is 36.4 Å². The molecule has 1 amide bonds. The second-order valence-corrected chi connectivity index (χ2v) is 7.77. The van der Waals surface area contributed by atoms with E-state index < -0.39 is 35.7 Å². The highest BCUT2D eigenvalue weighted by Gasteiger charge is 2.27. The summed E-state index contributed by atoms with van der Waals surface area (Å²) in [6.45, 7) is -0.156. The van der Waals surface area contributed by atoms with Crippen molar-refractivity contribution in [3.63, 3.8) is 0 Å². The van der Waals surface area contributed by atoms with E-state index in [1.54, 1.807) is 23.1 Å². The molecule has 0 saturated heterocycles. The van der Waals surface area contributed by atoms with E-state index in [0.717, 1.165) is 6.07 Å². The molecule has 34 heavy (non-hydrogen) atoms. The molecule has 0 aliphatic carbocycles. The molecule has 3 atom stereocenters. The molecular formula is C24H27F2N5O3. The predicted octanol–water partition coefficient (Wildman–Crippen LogP) is 2.43. The van der Waals surface area contributed by atoms with Crippen LogP contribution in [0.5, 0.6) is 0 Å². The molecular weight excluding hydrogens is 444 g/mol. The van der Waals surface area contributed by atoms with Gasteiger partial charge in [-0.1, -0.05) is 18.2 Å². The zero-order valence-electron chi connectivity index (χ0n) is 18.6. The Hall–Kier alpha value is -3.47. The Morgan fingerprint density at radius 3 is 2.59 bits per heavy atom. The van der Waals surface area contributed by atoms with E-state index in [0.29, 0.717) is 5.56 Å². The average molecular weight is 472 g/mol. The number of benzene rings is 2. The summed E-state index contributed by atoms with van der Waals surface area (Å²) in [5.41, 5.74) is 6.34. The fourth-order valence-corrected chi connectivity index (χ4v) is 3.65. The number of amides is 1. The van der Waals surface area contributed by atoms with E-state index in [9.17, 15) is 18.7 Å². The summed E-state index contributed by atoms with van der Waals surface area (Å²) in [5.74, 6) is -1.79. The van der Waals surface area contributed by atoms with Crippen molar-refractivity contribution < 1.29 is 23.4 Å². The summed E-state index contributed by atoms with van der Waals surface area (Å²) < 4.78 is 34.9. The molecule has 3 rings (SSSR count). The van der Waals surface area contributed by atoms with Crippen LogP contribution in [0.15, 0.2) is 60.9 Å². The Balaban J connectivity index is 1.83. The summed E-state index contributed by atoms with van der Waals surface area (Å²) in [5, 5.41) is 25.0. The molecule has 180 valence electrons. The monoisotopic (exact) mass is 471 g/mol. The maximum Gasteiger partial charge on any atom is 0.252 e. The van der Waals surface area contributed by atoms with Crippen molar-refractivity contribution in [3.8, 4) is 0 Å². The predicted molar refractivity (Wildman–Crippen MR) is 123 cm³/mol. The molecule has 1 aromatic heterocycles. The van der Waals surface area contributed by atoms with Gasteiger partial charge in [0, 0.05) is 43.2 Å². The summed E-state index contributed by atoms with van der Waals surface area (Å²) in [6, 6.07) is 9.82. The number of carbonyl (C=O) groups is 1. The number of halogens is 2. The van der Waals surface area contributed by atoms with Gasteiger partial charge in [-0.15, -0.1) is 0 Å². The van der Waals surface area contributed by atoms with E-state index in [4.69, 9.17) is 15.9 Å². The smallest absolute Gasteiger partial charge is 0.252 e. The number of aliphatic hydroxyl groups excluding tert-OH is 1. The first kappa shape index (κ1) is 25.2. The van der Waals surface area contributed by atoms with Gasteiger partial charge in [0.15, 0.2) is 0 Å². The van der Waals surface area contributed by atoms with E-state index in [1.807, 2.05) is 0 Å². The number of ether oxygens (including phenoxy) is 1. The number of methoxy groups -OCH3 is 1. The van der Waals surface area contributed by atoms with Crippen LogP contribution in [0.2, 0.25) is 0 Å². The number of nitrogens with zero attached hydrogens (tertiary/aromatic N) is 2. The molecule has 1 heterocycles. The highest BCUT2D eigenvalue weighted by atomic mass is 19.1. The van der Waals surface area contributed by atoms with Crippen LogP contribution in [0.25, 0.3) is 0 Å². The number of nitrogens with two attached hydrogens (primary N) is 1. The Kier molecular flexibility index (Phi) is 8.58. The van der Waals surface area contributed by atoms with Crippen molar-refractivity contribution in [3.05, 3.63) is 89.2 Å². The van der Waals surface area contributed by atoms with Crippen LogP contribution in [-0.2, 0) is 11.3 Å². The highest BCUT2D eigenvalue weighted by Crippen LogP contribution is 2.22. The Morgan fingerprint density at radius 1 is 1.24 bits per heavy atom. The van der Waals surface area contributed by atoms with E-state index in [2.05, 4.69) is 10.4 Å². The fourth-order valence-electron chi connectivity index (χ4n) is 3.65. The van der Waals surface area contributed by atoms with Gasteiger partial charge in [-0.2, -0.15) is 5.10 Å². The first-order valence-electron chi connectivity index (χ1n) is 10.6. The van der Waals surface area contributed by atoms with Crippen molar-refractivity contribution in [2.75, 3.05) is 13.7 Å². The number of hydrogen-bond acceptors (Lipinski definition) is 6. The number of rotatable bonds is 11. The quantitative estimate of drug-likeness (QED) is 0.320. The maximum atomic E-state index is 14.8. The number of aromatic nitrogens is 2. The number of nitrogens with one attached hydrogen (secondary N) is 2. The standard InChI is InChI=1S/C24H27F2N5O3/c1-34-22(14-32)21(13-31-11-3-10-29-31)30-24(33)17-4-2-5-18(26)23(17)20(28)12-19(27)15-6-8-16(25)9-7-15/h2-11,19,21-22,28,32H,12-14,27H2,1H3,(H,30,33)/t19?,21-,22-/m1/s1. The van der Waals surface area contributed by atoms with Gasteiger partial charge in [0.25, 0.3) is 5.91 Å². The first-order chi connectivity index (χ1) is 16.3. The molecule has 0 aliphatic rings. The lowest BCUT2D eigenvalue weighted by Crippen LogP contribution is -2.48. The summed E-state index contributed by atoms with van der Waals surface area (Å²) in [6.07, 6.45) is 2.47. The largest absolute Gasteiger partial charge is 0.394 e. The number of aliphatic hydroxyl groups is 1. The average Bonchev–Trinajstić information content (AvgIpc) is 3.33. The van der Waals surface area contributed by atoms with Crippen LogP contribution < -0.4 is 11.1 Å². The third kappa shape index (κ3) is 6.10. The Labute approximate surface area is 195 Å². The van der Waals surface area contributed by atoms with Gasteiger partial charge < -0.3 is 26.3 Å². The molecule has 0 fully saturated rings. The lowest BCUT2D eigenvalue weighted by molar-refractivity contribution is 0.0166. The van der Waals surface area contributed by atoms with Crippen molar-refractivity contribution in [2.24, 2.45) is 5.73 Å². The summed E-state index contributed by atoms with van der Waals surface area (Å²) in [7, 11) is 1.41.